The van der Waals surface area contributed by atoms with Gasteiger partial charge in [0.25, 0.3) is 5.91 Å². The molecule has 1 unspecified atom stereocenters. The van der Waals surface area contributed by atoms with Crippen molar-refractivity contribution in [2.75, 3.05) is 33.7 Å². The Hall–Kier alpha value is -2.65. The van der Waals surface area contributed by atoms with Gasteiger partial charge in [-0.25, -0.2) is 0 Å². The predicted octanol–water partition coefficient (Wildman–Crippen LogP) is 4.84. The third-order valence-corrected chi connectivity index (χ3v) is 5.71. The van der Waals surface area contributed by atoms with Crippen molar-refractivity contribution in [1.82, 2.24) is 9.80 Å². The normalized spacial score (nSPS) is 16.9. The minimum absolute atomic E-state index is 0.160. The van der Waals surface area contributed by atoms with E-state index in [1.54, 1.807) is 0 Å². The Morgan fingerprint density at radius 1 is 1.00 bits per heavy atom. The predicted molar refractivity (Wildman–Crippen MR) is 117 cm³/mol. The summed E-state index contributed by atoms with van der Waals surface area (Å²) in [5, 5.41) is 2.18. The summed E-state index contributed by atoms with van der Waals surface area (Å²) in [5.74, 6) is 0.727. The maximum Gasteiger partial charge on any atom is 0.254 e. The first-order valence-electron chi connectivity index (χ1n) is 10.1. The van der Waals surface area contributed by atoms with Crippen molar-refractivity contribution >= 4 is 16.7 Å². The number of hydrogen-bond acceptors (Lipinski definition) is 2. The summed E-state index contributed by atoms with van der Waals surface area (Å²) in [4.78, 5) is 17.5. The lowest BCUT2D eigenvalue weighted by Gasteiger charge is -2.20. The first-order chi connectivity index (χ1) is 13.5. The van der Waals surface area contributed by atoms with Crippen LogP contribution in [0.4, 0.5) is 0 Å². The first-order valence-corrected chi connectivity index (χ1v) is 10.1. The van der Waals surface area contributed by atoms with Crippen molar-refractivity contribution in [2.45, 2.75) is 13.3 Å². The monoisotopic (exact) mass is 372 g/mol. The van der Waals surface area contributed by atoms with Gasteiger partial charge in [-0.1, -0.05) is 60.2 Å². The zero-order valence-electron chi connectivity index (χ0n) is 17.0. The largest absolute Gasteiger partial charge is 0.338 e. The van der Waals surface area contributed by atoms with E-state index in [1.165, 1.54) is 16.7 Å². The fraction of sp³-hybridized carbons (Fsp3) is 0.320. The first kappa shape index (κ1) is 18.7. The molecule has 0 aromatic heterocycles. The number of aryl methyl sites for hydroxylation is 1. The maximum atomic E-state index is 13.3. The van der Waals surface area contributed by atoms with E-state index in [1.807, 2.05) is 17.0 Å². The van der Waals surface area contributed by atoms with Crippen molar-refractivity contribution in [3.05, 3.63) is 71.8 Å². The zero-order valence-corrected chi connectivity index (χ0v) is 17.0. The Labute approximate surface area is 167 Å². The summed E-state index contributed by atoms with van der Waals surface area (Å²) in [6.07, 6.45) is 1.09. The molecule has 28 heavy (non-hydrogen) atoms. The van der Waals surface area contributed by atoms with Crippen LogP contribution in [-0.2, 0) is 0 Å². The van der Waals surface area contributed by atoms with Crippen LogP contribution in [0.2, 0.25) is 0 Å². The molecule has 3 heteroatoms. The van der Waals surface area contributed by atoms with Crippen LogP contribution in [0, 0.1) is 12.8 Å². The molecule has 3 aromatic rings. The van der Waals surface area contributed by atoms with E-state index < -0.39 is 0 Å². The summed E-state index contributed by atoms with van der Waals surface area (Å²) in [5.41, 5.74) is 4.44. The molecular formula is C25H28N2O. The second-order valence-corrected chi connectivity index (χ2v) is 8.24. The maximum absolute atomic E-state index is 13.3. The molecular weight excluding hydrogens is 344 g/mol. The molecule has 0 aliphatic carbocycles. The summed E-state index contributed by atoms with van der Waals surface area (Å²) >= 11 is 0. The smallest absolute Gasteiger partial charge is 0.254 e. The highest BCUT2D eigenvalue weighted by Crippen LogP contribution is 2.32. The van der Waals surface area contributed by atoms with Gasteiger partial charge in [-0.2, -0.15) is 0 Å². The Morgan fingerprint density at radius 3 is 2.43 bits per heavy atom. The molecule has 1 amide bonds. The standard InChI is InChI=1S/C25H28N2O/c1-18-8-10-20(11-9-18)21-12-13-24(23-7-5-4-6-22(21)23)25(28)27-15-14-19(17-27)16-26(2)3/h4-13,19H,14-17H2,1-3H3. The number of fused-ring (bicyclic) bond motifs is 1. The Bertz CT molecular complexity index is 991. The number of rotatable bonds is 4. The third kappa shape index (κ3) is 3.67. The van der Waals surface area contributed by atoms with E-state index in [2.05, 4.69) is 74.4 Å². The number of benzene rings is 3. The number of carbonyl (C=O) groups excluding carboxylic acids is 1. The van der Waals surface area contributed by atoms with Crippen molar-refractivity contribution < 1.29 is 4.79 Å². The Kier molecular flexibility index (Phi) is 5.19. The van der Waals surface area contributed by atoms with Gasteiger partial charge >= 0.3 is 0 Å². The van der Waals surface area contributed by atoms with Gasteiger partial charge < -0.3 is 9.80 Å². The highest BCUT2D eigenvalue weighted by Gasteiger charge is 2.28. The van der Waals surface area contributed by atoms with Gasteiger partial charge in [0.15, 0.2) is 0 Å². The Balaban J connectivity index is 1.68. The average Bonchev–Trinajstić information content (AvgIpc) is 3.15. The molecule has 0 saturated carbocycles. The van der Waals surface area contributed by atoms with Crippen molar-refractivity contribution in [3.63, 3.8) is 0 Å². The molecule has 0 radical (unpaired) electrons. The van der Waals surface area contributed by atoms with Crippen LogP contribution in [-0.4, -0.2) is 49.4 Å². The molecule has 1 heterocycles. The quantitative estimate of drug-likeness (QED) is 0.654. The minimum Gasteiger partial charge on any atom is -0.338 e. The Morgan fingerprint density at radius 2 is 1.71 bits per heavy atom. The molecule has 0 bridgehead atoms. The van der Waals surface area contributed by atoms with Gasteiger partial charge in [0.05, 0.1) is 0 Å². The molecule has 3 aromatic carbocycles. The fourth-order valence-corrected chi connectivity index (χ4v) is 4.32. The summed E-state index contributed by atoms with van der Waals surface area (Å²) < 4.78 is 0. The van der Waals surface area contributed by atoms with E-state index in [0.29, 0.717) is 5.92 Å². The lowest BCUT2D eigenvalue weighted by Crippen LogP contribution is -2.30. The van der Waals surface area contributed by atoms with Crippen molar-refractivity contribution in [3.8, 4) is 11.1 Å². The van der Waals surface area contributed by atoms with Gasteiger partial charge in [-0.05, 0) is 61.3 Å². The van der Waals surface area contributed by atoms with Gasteiger partial charge in [-0.15, -0.1) is 0 Å². The van der Waals surface area contributed by atoms with E-state index in [0.717, 1.165) is 42.4 Å². The third-order valence-electron chi connectivity index (χ3n) is 5.71. The molecule has 0 N–H and O–H groups in total. The van der Waals surface area contributed by atoms with Gasteiger partial charge in [-0.3, -0.25) is 4.79 Å². The lowest BCUT2D eigenvalue weighted by atomic mass is 9.94. The summed E-state index contributed by atoms with van der Waals surface area (Å²) in [6.45, 7) is 4.84. The molecule has 1 atom stereocenters. The van der Waals surface area contributed by atoms with E-state index in [-0.39, 0.29) is 5.91 Å². The van der Waals surface area contributed by atoms with Crippen LogP contribution < -0.4 is 0 Å². The van der Waals surface area contributed by atoms with Gasteiger partial charge in [0.2, 0.25) is 0 Å². The molecule has 4 rings (SSSR count). The van der Waals surface area contributed by atoms with Crippen molar-refractivity contribution in [1.29, 1.82) is 0 Å². The van der Waals surface area contributed by atoms with Gasteiger partial charge in [0.1, 0.15) is 0 Å². The van der Waals surface area contributed by atoms with Crippen molar-refractivity contribution in [2.24, 2.45) is 5.92 Å². The van der Waals surface area contributed by atoms with Gasteiger partial charge in [0, 0.05) is 25.2 Å². The second-order valence-electron chi connectivity index (χ2n) is 8.24. The highest BCUT2D eigenvalue weighted by molar-refractivity contribution is 6.11. The topological polar surface area (TPSA) is 23.6 Å². The number of hydrogen-bond donors (Lipinski definition) is 0. The summed E-state index contributed by atoms with van der Waals surface area (Å²) in [7, 11) is 4.20. The number of carbonyl (C=O) groups is 1. The average molecular weight is 373 g/mol. The molecule has 1 aliphatic heterocycles. The zero-order chi connectivity index (χ0) is 19.7. The molecule has 1 saturated heterocycles. The lowest BCUT2D eigenvalue weighted by molar-refractivity contribution is 0.0787. The van der Waals surface area contributed by atoms with Crippen LogP contribution in [0.15, 0.2) is 60.7 Å². The molecule has 1 fully saturated rings. The number of likely N-dealkylation sites (tertiary alicyclic amines) is 1. The van der Waals surface area contributed by atoms with Crippen LogP contribution in [0.25, 0.3) is 21.9 Å². The molecule has 144 valence electrons. The van der Waals surface area contributed by atoms with Crippen LogP contribution in [0.1, 0.15) is 22.3 Å². The minimum atomic E-state index is 0.160. The fourth-order valence-electron chi connectivity index (χ4n) is 4.32. The van der Waals surface area contributed by atoms with Crippen LogP contribution in [0.3, 0.4) is 0 Å². The van der Waals surface area contributed by atoms with Crippen LogP contribution in [0.5, 0.6) is 0 Å². The molecule has 3 nitrogen and oxygen atoms in total. The number of nitrogens with zero attached hydrogens (tertiary/aromatic N) is 2. The van der Waals surface area contributed by atoms with E-state index in [4.69, 9.17) is 0 Å². The summed E-state index contributed by atoms with van der Waals surface area (Å²) in [6, 6.07) is 21.0. The van der Waals surface area contributed by atoms with E-state index in [9.17, 15) is 4.79 Å². The SMILES string of the molecule is Cc1ccc(-c2ccc(C(=O)N3CCC(CN(C)C)C3)c3ccccc23)cc1. The van der Waals surface area contributed by atoms with Crippen LogP contribution >= 0.6 is 0 Å². The number of amides is 1. The molecule has 0 spiro atoms. The molecule has 1 aliphatic rings. The highest BCUT2D eigenvalue weighted by atomic mass is 16.2. The van der Waals surface area contributed by atoms with E-state index >= 15 is 0 Å². The second kappa shape index (κ2) is 7.76.